The lowest BCUT2D eigenvalue weighted by Gasteiger charge is -2.32. The van der Waals surface area contributed by atoms with Crippen LogP contribution in [0.4, 0.5) is 4.39 Å². The number of nitrogens with zero attached hydrogens (tertiary/aromatic N) is 3. The summed E-state index contributed by atoms with van der Waals surface area (Å²) in [5, 5.41) is 0. The summed E-state index contributed by atoms with van der Waals surface area (Å²) in [4.78, 5) is 66.8. The van der Waals surface area contributed by atoms with Gasteiger partial charge in [0.05, 0.1) is 47.6 Å². The smallest absolute Gasteiger partial charge is 0.307 e. The molecule has 12 nitrogen and oxygen atoms in total. The van der Waals surface area contributed by atoms with Crippen LogP contribution in [-0.4, -0.2) is 82.6 Å². The van der Waals surface area contributed by atoms with Gasteiger partial charge >= 0.3 is 5.97 Å². The molecule has 2 aliphatic heterocycles. The predicted molar refractivity (Wildman–Crippen MR) is 195 cm³/mol. The van der Waals surface area contributed by atoms with Crippen LogP contribution >= 0.6 is 0 Å². The van der Waals surface area contributed by atoms with E-state index in [2.05, 4.69) is 21.6 Å². The lowest BCUT2D eigenvalue weighted by molar-refractivity contribution is -0.160. The number of halogens is 1. The van der Waals surface area contributed by atoms with E-state index < -0.39 is 74.1 Å². The third kappa shape index (κ3) is 8.42. The van der Waals surface area contributed by atoms with Crippen LogP contribution in [0.2, 0.25) is 0 Å². The number of ether oxygens (including phenoxy) is 2. The normalized spacial score (nSPS) is 31.0. The summed E-state index contributed by atoms with van der Waals surface area (Å²) in [6, 6.07) is 6.28. The van der Waals surface area contributed by atoms with Gasteiger partial charge in [-0.1, -0.05) is 38.1 Å². The van der Waals surface area contributed by atoms with Gasteiger partial charge in [-0.25, -0.2) is 22.8 Å². The van der Waals surface area contributed by atoms with Crippen LogP contribution in [-0.2, 0) is 33.9 Å². The maximum atomic E-state index is 14.7. The topological polar surface area (TPSA) is 162 Å². The van der Waals surface area contributed by atoms with Crippen molar-refractivity contribution >= 4 is 44.6 Å². The van der Waals surface area contributed by atoms with Crippen LogP contribution in [0.25, 0.3) is 11.0 Å². The summed E-state index contributed by atoms with van der Waals surface area (Å²) >= 11 is 0. The second-order valence-corrected chi connectivity index (χ2v) is 18.8. The van der Waals surface area contributed by atoms with Crippen LogP contribution in [0.5, 0.6) is 5.88 Å². The molecule has 2 saturated carbocycles. The van der Waals surface area contributed by atoms with E-state index in [1.807, 2.05) is 37.3 Å². The number of fused-ring (bicyclic) bond motifs is 3. The van der Waals surface area contributed by atoms with Crippen molar-refractivity contribution in [1.82, 2.24) is 19.6 Å². The fourth-order valence-corrected chi connectivity index (χ4v) is 9.42. The molecular weight excluding hydrogens is 704 g/mol. The standard InChI is InChI=1S/C39H51FN4O8S/c1-24-10-6-7-11-26-19-39(26,36(48)43-53(49,50)38(23-40)14-15-38)20-32(45)31-17-27(51-33-21-41-29-12-8-9-13-30(29)42-33)22-44(31)35(47)28(25(2)16-24)18-34(46)52-37(3,4)5/h7-9,11-13,21,24-28,31H,6,10,14-20,22-23H2,1-5H3,(H,43,48)/b11-7-/t24-,25-,26-,27-,28+,31+,39-/m1/s1. The molecule has 6 rings (SSSR count). The number of aromatic nitrogens is 2. The Kier molecular flexibility index (Phi) is 10.8. The quantitative estimate of drug-likeness (QED) is 0.278. The molecule has 53 heavy (non-hydrogen) atoms. The van der Waals surface area contributed by atoms with Crippen molar-refractivity contribution in [3.8, 4) is 5.88 Å². The summed E-state index contributed by atoms with van der Waals surface area (Å²) in [5.74, 6) is -3.19. The largest absolute Gasteiger partial charge is 0.471 e. The number of sulfonamides is 1. The summed E-state index contributed by atoms with van der Waals surface area (Å²) in [6.45, 7) is 8.24. The first-order chi connectivity index (χ1) is 25.0. The highest BCUT2D eigenvalue weighted by Crippen LogP contribution is 2.57. The summed E-state index contributed by atoms with van der Waals surface area (Å²) in [5.41, 5.74) is -0.849. The van der Waals surface area contributed by atoms with E-state index in [-0.39, 0.29) is 68.7 Å². The van der Waals surface area contributed by atoms with Crippen molar-refractivity contribution in [2.24, 2.45) is 29.1 Å². The lowest BCUT2D eigenvalue weighted by atomic mass is 9.82. The first-order valence-corrected chi connectivity index (χ1v) is 20.2. The van der Waals surface area contributed by atoms with Gasteiger partial charge in [-0.15, -0.1) is 0 Å². The number of amides is 2. The van der Waals surface area contributed by atoms with E-state index in [1.165, 1.54) is 11.1 Å². The minimum absolute atomic E-state index is 0.0206. The minimum atomic E-state index is -4.32. The number of benzene rings is 1. The summed E-state index contributed by atoms with van der Waals surface area (Å²) in [6.07, 6.45) is 6.82. The van der Waals surface area contributed by atoms with Gasteiger partial charge < -0.3 is 14.4 Å². The number of nitrogens with one attached hydrogen (secondary N) is 1. The van der Waals surface area contributed by atoms with E-state index in [0.717, 1.165) is 6.42 Å². The predicted octanol–water partition coefficient (Wildman–Crippen LogP) is 5.25. The van der Waals surface area contributed by atoms with Gasteiger partial charge in [-0.2, -0.15) is 0 Å². The number of Topliss-reactive ketones (excluding diaryl/α,β-unsaturated/α-hetero) is 1. The van der Waals surface area contributed by atoms with E-state index in [0.29, 0.717) is 23.9 Å². The summed E-state index contributed by atoms with van der Waals surface area (Å²) < 4.78 is 52.6. The van der Waals surface area contributed by atoms with Crippen LogP contribution in [0.3, 0.4) is 0 Å². The maximum absolute atomic E-state index is 14.7. The fraction of sp³-hybridized carbons (Fsp3) is 0.641. The Hall–Kier alpha value is -3.94. The van der Waals surface area contributed by atoms with Gasteiger partial charge in [0.1, 0.15) is 23.1 Å². The molecule has 3 heterocycles. The molecule has 1 aromatic carbocycles. The zero-order valence-electron chi connectivity index (χ0n) is 31.2. The highest BCUT2D eigenvalue weighted by Gasteiger charge is 2.63. The zero-order chi connectivity index (χ0) is 38.3. The van der Waals surface area contributed by atoms with Gasteiger partial charge in [0.15, 0.2) is 5.78 Å². The van der Waals surface area contributed by atoms with Gasteiger partial charge in [-0.05, 0) is 89.2 Å². The monoisotopic (exact) mass is 754 g/mol. The van der Waals surface area contributed by atoms with Crippen LogP contribution < -0.4 is 9.46 Å². The number of para-hydroxylation sites is 2. The number of esters is 1. The minimum Gasteiger partial charge on any atom is -0.471 e. The second-order valence-electron chi connectivity index (χ2n) is 16.8. The zero-order valence-corrected chi connectivity index (χ0v) is 32.0. The molecule has 0 spiro atoms. The highest BCUT2D eigenvalue weighted by molar-refractivity contribution is 7.91. The molecule has 1 aromatic heterocycles. The average molecular weight is 755 g/mol. The van der Waals surface area contributed by atoms with Crippen LogP contribution in [0.1, 0.15) is 92.4 Å². The molecule has 7 atom stereocenters. The molecule has 3 fully saturated rings. The van der Waals surface area contributed by atoms with Crippen molar-refractivity contribution in [2.45, 2.75) is 115 Å². The van der Waals surface area contributed by atoms with E-state index in [9.17, 15) is 32.0 Å². The van der Waals surface area contributed by atoms with Crippen LogP contribution in [0.15, 0.2) is 42.6 Å². The number of alkyl halides is 1. The van der Waals surface area contributed by atoms with Crippen molar-refractivity contribution in [3.05, 3.63) is 42.6 Å². The number of carbonyl (C=O) groups excluding carboxylic acids is 4. The van der Waals surface area contributed by atoms with Crippen molar-refractivity contribution in [3.63, 3.8) is 0 Å². The van der Waals surface area contributed by atoms with Gasteiger partial charge in [-0.3, -0.25) is 23.9 Å². The molecule has 0 radical (unpaired) electrons. The Morgan fingerprint density at radius 3 is 2.49 bits per heavy atom. The van der Waals surface area contributed by atoms with Crippen LogP contribution in [0, 0.1) is 29.1 Å². The third-order valence-corrected chi connectivity index (χ3v) is 13.4. The Bertz CT molecular complexity index is 1890. The number of carbonyl (C=O) groups is 4. The lowest BCUT2D eigenvalue weighted by Crippen LogP contribution is -2.48. The maximum Gasteiger partial charge on any atom is 0.307 e. The molecular formula is C39H51FN4O8S. The van der Waals surface area contributed by atoms with Gasteiger partial charge in [0.25, 0.3) is 0 Å². The van der Waals surface area contributed by atoms with Gasteiger partial charge in [0.2, 0.25) is 27.7 Å². The molecule has 2 aliphatic carbocycles. The number of ketones is 1. The molecule has 2 aromatic rings. The molecule has 4 aliphatic rings. The highest BCUT2D eigenvalue weighted by atomic mass is 32.2. The van der Waals surface area contributed by atoms with E-state index in [1.54, 1.807) is 26.8 Å². The Morgan fingerprint density at radius 1 is 1.09 bits per heavy atom. The summed E-state index contributed by atoms with van der Waals surface area (Å²) in [7, 11) is -4.32. The number of allylic oxidation sites excluding steroid dienone is 2. The van der Waals surface area contributed by atoms with Crippen molar-refractivity contribution < 1.29 is 41.5 Å². The first kappa shape index (κ1) is 38.8. The number of hydrogen-bond acceptors (Lipinski definition) is 10. The molecule has 14 heteroatoms. The van der Waals surface area contributed by atoms with Gasteiger partial charge in [0, 0.05) is 12.8 Å². The average Bonchev–Trinajstić information content (AvgIpc) is 3.99. The third-order valence-electron chi connectivity index (χ3n) is 11.3. The Morgan fingerprint density at radius 2 is 1.81 bits per heavy atom. The molecule has 2 amide bonds. The Labute approximate surface area is 310 Å². The SMILES string of the molecule is C[C@@H]1CC/C=C\[C@@H]2C[C@@]2(C(=O)NS(=O)(=O)C2(CF)CC2)CC(=O)[C@@H]2C[C@@H](Oc3cnc4ccccc4n3)CN2C(=O)[C@@H](CC(=O)OC(C)(C)C)[C@H](C)C1. The van der Waals surface area contributed by atoms with E-state index >= 15 is 0 Å². The number of hydrogen-bond donors (Lipinski definition) is 1. The van der Waals surface area contributed by atoms with Crippen molar-refractivity contribution in [2.75, 3.05) is 13.2 Å². The second kappa shape index (κ2) is 14.7. The van der Waals surface area contributed by atoms with Crippen molar-refractivity contribution in [1.29, 1.82) is 0 Å². The Balaban J connectivity index is 1.33. The fourth-order valence-electron chi connectivity index (χ4n) is 7.97. The molecule has 288 valence electrons. The molecule has 0 unspecified atom stereocenters. The van der Waals surface area contributed by atoms with E-state index in [4.69, 9.17) is 9.47 Å². The molecule has 1 saturated heterocycles. The molecule has 0 bridgehead atoms. The molecule has 1 N–H and O–H groups in total. The first-order valence-electron chi connectivity index (χ1n) is 18.7. The number of rotatable bonds is 8.